The van der Waals surface area contributed by atoms with E-state index < -0.39 is 0 Å². The second kappa shape index (κ2) is 9.17. The van der Waals surface area contributed by atoms with Crippen LogP contribution in [0, 0.1) is 6.92 Å². The SMILES string of the molecule is Cc1[nH]nc2ccc(-c3cc(N[C@H](CO)c4ccccc4)cnc3-c3cc(Cl)ccc3O)cc12. The molecule has 0 amide bonds. The number of aliphatic hydroxyl groups is 1. The highest BCUT2D eigenvalue weighted by Crippen LogP contribution is 2.39. The minimum Gasteiger partial charge on any atom is -0.507 e. The van der Waals surface area contributed by atoms with Crippen LogP contribution in [0.15, 0.2) is 79.0 Å². The van der Waals surface area contributed by atoms with Crippen LogP contribution in [0.5, 0.6) is 5.75 Å². The lowest BCUT2D eigenvalue weighted by Crippen LogP contribution is -2.15. The Balaban J connectivity index is 1.65. The van der Waals surface area contributed by atoms with E-state index in [4.69, 9.17) is 16.6 Å². The smallest absolute Gasteiger partial charge is 0.125 e. The molecule has 0 bridgehead atoms. The number of hydrogen-bond acceptors (Lipinski definition) is 5. The van der Waals surface area contributed by atoms with Gasteiger partial charge in [0.1, 0.15) is 5.75 Å². The number of pyridine rings is 1. The fraction of sp³-hybridized carbons (Fsp3) is 0.111. The first-order chi connectivity index (χ1) is 16.5. The number of nitrogens with zero attached hydrogens (tertiary/aromatic N) is 2. The van der Waals surface area contributed by atoms with Gasteiger partial charge in [0.2, 0.25) is 0 Å². The van der Waals surface area contributed by atoms with Gasteiger partial charge in [0, 0.05) is 27.2 Å². The number of phenols is 1. The van der Waals surface area contributed by atoms with E-state index in [1.165, 1.54) is 0 Å². The van der Waals surface area contributed by atoms with E-state index in [-0.39, 0.29) is 18.4 Å². The lowest BCUT2D eigenvalue weighted by Gasteiger charge is -2.20. The third-order valence-corrected chi connectivity index (χ3v) is 6.12. The van der Waals surface area contributed by atoms with Crippen LogP contribution in [0.2, 0.25) is 5.02 Å². The zero-order valence-corrected chi connectivity index (χ0v) is 19.2. The van der Waals surface area contributed by atoms with Crippen LogP contribution in [-0.4, -0.2) is 32.0 Å². The summed E-state index contributed by atoms with van der Waals surface area (Å²) in [4.78, 5) is 4.71. The van der Waals surface area contributed by atoms with Gasteiger partial charge in [0.05, 0.1) is 35.7 Å². The molecular weight excluding hydrogens is 448 g/mol. The first-order valence-electron chi connectivity index (χ1n) is 10.9. The zero-order chi connectivity index (χ0) is 23.7. The van der Waals surface area contributed by atoms with Gasteiger partial charge in [-0.2, -0.15) is 5.10 Å². The van der Waals surface area contributed by atoms with Crippen LogP contribution >= 0.6 is 11.6 Å². The van der Waals surface area contributed by atoms with Gasteiger partial charge in [-0.25, -0.2) is 0 Å². The van der Waals surface area contributed by atoms with Gasteiger partial charge >= 0.3 is 0 Å². The van der Waals surface area contributed by atoms with Crippen molar-refractivity contribution in [3.8, 4) is 28.1 Å². The van der Waals surface area contributed by atoms with Crippen LogP contribution < -0.4 is 5.32 Å². The minimum absolute atomic E-state index is 0.0731. The fourth-order valence-corrected chi connectivity index (χ4v) is 4.28. The monoisotopic (exact) mass is 470 g/mol. The van der Waals surface area contributed by atoms with Crippen molar-refractivity contribution in [2.75, 3.05) is 11.9 Å². The number of aromatic hydroxyl groups is 1. The minimum atomic E-state index is -0.292. The topological polar surface area (TPSA) is 94.1 Å². The van der Waals surface area contributed by atoms with Gasteiger partial charge < -0.3 is 15.5 Å². The number of fused-ring (bicyclic) bond motifs is 1. The number of aromatic nitrogens is 3. The van der Waals surface area contributed by atoms with E-state index in [9.17, 15) is 10.2 Å². The quantitative estimate of drug-likeness (QED) is 0.240. The van der Waals surface area contributed by atoms with Gasteiger partial charge in [0.25, 0.3) is 0 Å². The molecule has 0 aliphatic carbocycles. The number of benzene rings is 3. The third-order valence-electron chi connectivity index (χ3n) is 5.88. The predicted molar refractivity (Wildman–Crippen MR) is 136 cm³/mol. The van der Waals surface area contributed by atoms with Crippen molar-refractivity contribution in [3.05, 3.63) is 95.3 Å². The van der Waals surface area contributed by atoms with Gasteiger partial charge in [-0.05, 0) is 54.4 Å². The first-order valence-corrected chi connectivity index (χ1v) is 11.3. The summed E-state index contributed by atoms with van der Waals surface area (Å²) < 4.78 is 0. The van der Waals surface area contributed by atoms with E-state index in [0.717, 1.165) is 39.0 Å². The molecule has 6 nitrogen and oxygen atoms in total. The van der Waals surface area contributed by atoms with Crippen LogP contribution in [0.4, 0.5) is 5.69 Å². The number of aliphatic hydroxyl groups excluding tert-OH is 1. The number of rotatable bonds is 6. The highest BCUT2D eigenvalue weighted by Gasteiger charge is 2.17. The summed E-state index contributed by atoms with van der Waals surface area (Å²) in [6.07, 6.45) is 1.70. The molecule has 0 saturated heterocycles. The van der Waals surface area contributed by atoms with Crippen molar-refractivity contribution < 1.29 is 10.2 Å². The normalized spacial score (nSPS) is 12.1. The highest BCUT2D eigenvalue weighted by atomic mass is 35.5. The molecule has 0 fully saturated rings. The Bertz CT molecular complexity index is 1470. The average molecular weight is 471 g/mol. The van der Waals surface area contributed by atoms with E-state index in [1.54, 1.807) is 24.4 Å². The summed E-state index contributed by atoms with van der Waals surface area (Å²) in [5.41, 5.74) is 6.44. The lowest BCUT2D eigenvalue weighted by atomic mass is 9.97. The lowest BCUT2D eigenvalue weighted by molar-refractivity contribution is 0.276. The summed E-state index contributed by atoms with van der Waals surface area (Å²) in [5.74, 6) is 0.0944. The van der Waals surface area contributed by atoms with Crippen LogP contribution in [0.25, 0.3) is 33.3 Å². The first kappa shape index (κ1) is 21.9. The standard InChI is InChI=1S/C27H23ClN4O2/c1-16-21-11-18(7-9-24(21)32-31-16)22-13-20(30-25(15-33)17-5-3-2-4-6-17)14-29-27(22)23-12-19(28)8-10-26(23)34/h2-14,25,30,33-34H,15H2,1H3,(H,31,32)/t25-/m1/s1. The number of phenolic OH excluding ortho intramolecular Hbond substituents is 1. The Hall–Kier alpha value is -3.87. The molecule has 1 atom stereocenters. The Morgan fingerprint density at radius 3 is 2.62 bits per heavy atom. The number of anilines is 1. The Morgan fingerprint density at radius 2 is 1.82 bits per heavy atom. The molecule has 170 valence electrons. The van der Waals surface area contributed by atoms with Crippen molar-refractivity contribution in [2.24, 2.45) is 0 Å². The molecule has 5 aromatic rings. The maximum Gasteiger partial charge on any atom is 0.125 e. The molecule has 5 rings (SSSR count). The highest BCUT2D eigenvalue weighted by molar-refractivity contribution is 6.31. The molecule has 2 heterocycles. The summed E-state index contributed by atoms with van der Waals surface area (Å²) in [5, 5.41) is 32.8. The van der Waals surface area contributed by atoms with Crippen molar-refractivity contribution in [2.45, 2.75) is 13.0 Å². The molecule has 0 aliphatic heterocycles. The van der Waals surface area contributed by atoms with Crippen LogP contribution in [0.1, 0.15) is 17.3 Å². The van der Waals surface area contributed by atoms with Gasteiger partial charge in [-0.3, -0.25) is 10.1 Å². The predicted octanol–water partition coefficient (Wildman–Crippen LogP) is 6.10. The third kappa shape index (κ3) is 4.21. The van der Waals surface area contributed by atoms with Gasteiger partial charge in [-0.1, -0.05) is 48.0 Å². The maximum absolute atomic E-state index is 10.6. The Kier molecular flexibility index (Phi) is 5.92. The van der Waals surface area contributed by atoms with Crippen molar-refractivity contribution in [1.29, 1.82) is 0 Å². The maximum atomic E-state index is 10.6. The molecule has 3 aromatic carbocycles. The van der Waals surface area contributed by atoms with Crippen LogP contribution in [0.3, 0.4) is 0 Å². The number of H-pyrrole nitrogens is 1. The molecule has 4 N–H and O–H groups in total. The van der Waals surface area contributed by atoms with E-state index in [1.807, 2.05) is 55.5 Å². The molecule has 0 aliphatic rings. The summed E-state index contributed by atoms with van der Waals surface area (Å²) in [7, 11) is 0. The number of aryl methyl sites for hydroxylation is 1. The number of nitrogens with one attached hydrogen (secondary N) is 2. The zero-order valence-electron chi connectivity index (χ0n) is 18.5. The molecule has 0 radical (unpaired) electrons. The largest absolute Gasteiger partial charge is 0.507 e. The molecular formula is C27H23ClN4O2. The summed E-state index contributed by atoms with van der Waals surface area (Å²) >= 11 is 6.24. The van der Waals surface area contributed by atoms with Gasteiger partial charge in [0.15, 0.2) is 0 Å². The summed E-state index contributed by atoms with van der Waals surface area (Å²) in [6.45, 7) is 1.90. The summed E-state index contributed by atoms with van der Waals surface area (Å²) in [6, 6.07) is 22.4. The Labute approximate surface area is 201 Å². The van der Waals surface area contributed by atoms with Crippen LogP contribution in [-0.2, 0) is 0 Å². The molecule has 7 heteroatoms. The average Bonchev–Trinajstić information content (AvgIpc) is 3.24. The molecule has 2 aromatic heterocycles. The van der Waals surface area contributed by atoms with Crippen molar-refractivity contribution in [1.82, 2.24) is 15.2 Å². The second-order valence-electron chi connectivity index (χ2n) is 8.15. The van der Waals surface area contributed by atoms with Crippen molar-refractivity contribution >= 4 is 28.2 Å². The van der Waals surface area contributed by atoms with E-state index in [2.05, 4.69) is 21.6 Å². The Morgan fingerprint density at radius 1 is 1.00 bits per heavy atom. The van der Waals surface area contributed by atoms with Gasteiger partial charge in [-0.15, -0.1) is 0 Å². The van der Waals surface area contributed by atoms with Crippen molar-refractivity contribution in [3.63, 3.8) is 0 Å². The molecule has 0 unspecified atom stereocenters. The molecule has 0 spiro atoms. The number of aromatic amines is 1. The fourth-order valence-electron chi connectivity index (χ4n) is 4.10. The number of hydrogen-bond donors (Lipinski definition) is 4. The van der Waals surface area contributed by atoms with E-state index >= 15 is 0 Å². The molecule has 34 heavy (non-hydrogen) atoms. The number of halogens is 1. The second-order valence-corrected chi connectivity index (χ2v) is 8.59. The van der Waals surface area contributed by atoms with E-state index in [0.29, 0.717) is 16.3 Å². The molecule has 0 saturated carbocycles.